The molecule has 17 heavy (non-hydrogen) atoms. The Morgan fingerprint density at radius 3 is 2.65 bits per heavy atom. The first-order valence-corrected chi connectivity index (χ1v) is 5.53. The topological polar surface area (TPSA) is 55.2 Å². The molecule has 0 amide bonds. The van der Waals surface area contributed by atoms with Gasteiger partial charge in [-0.05, 0) is 25.5 Å². The van der Waals surface area contributed by atoms with E-state index in [0.717, 1.165) is 18.5 Å². The third-order valence-corrected chi connectivity index (χ3v) is 2.48. The maximum Gasteiger partial charge on any atom is 0.269 e. The Bertz CT molecular complexity index is 406. The zero-order chi connectivity index (χ0) is 12.7. The van der Waals surface area contributed by atoms with Crippen molar-refractivity contribution in [2.45, 2.75) is 25.8 Å². The lowest BCUT2D eigenvalue weighted by atomic mass is 10.1. The van der Waals surface area contributed by atoms with E-state index in [4.69, 9.17) is 6.42 Å². The molecule has 0 heterocycles. The van der Waals surface area contributed by atoms with Crippen LogP contribution < -0.4 is 5.32 Å². The second kappa shape index (κ2) is 6.66. The monoisotopic (exact) mass is 232 g/mol. The molecule has 0 aromatic heterocycles. The summed E-state index contributed by atoms with van der Waals surface area (Å²) >= 11 is 0. The van der Waals surface area contributed by atoms with Gasteiger partial charge in [-0.3, -0.25) is 10.1 Å². The van der Waals surface area contributed by atoms with Crippen molar-refractivity contribution >= 4 is 5.69 Å². The molecule has 0 spiro atoms. The maximum absolute atomic E-state index is 10.5. The summed E-state index contributed by atoms with van der Waals surface area (Å²) in [6.45, 7) is 2.86. The third kappa shape index (κ3) is 4.66. The molecular weight excluding hydrogens is 216 g/mol. The van der Waals surface area contributed by atoms with Crippen molar-refractivity contribution in [2.24, 2.45) is 0 Å². The molecule has 4 nitrogen and oxygen atoms in total. The van der Waals surface area contributed by atoms with Gasteiger partial charge in [-0.1, -0.05) is 12.1 Å². The van der Waals surface area contributed by atoms with E-state index in [0.29, 0.717) is 12.5 Å². The molecular formula is C13H16N2O2. The number of nitrogens with zero attached hydrogens (tertiary/aromatic N) is 1. The zero-order valence-electron chi connectivity index (χ0n) is 9.85. The predicted octanol–water partition coefficient (Wildman–Crippen LogP) is 2.14. The fraction of sp³-hybridized carbons (Fsp3) is 0.385. The van der Waals surface area contributed by atoms with Crippen LogP contribution in [0.4, 0.5) is 5.69 Å². The van der Waals surface area contributed by atoms with E-state index in [1.165, 1.54) is 12.1 Å². The van der Waals surface area contributed by atoms with Crippen LogP contribution in [0.25, 0.3) is 0 Å². The summed E-state index contributed by atoms with van der Waals surface area (Å²) in [6, 6.07) is 6.93. The summed E-state index contributed by atoms with van der Waals surface area (Å²) in [5.74, 6) is 2.60. The van der Waals surface area contributed by atoms with Crippen LogP contribution in [0.2, 0.25) is 0 Å². The van der Waals surface area contributed by atoms with E-state index < -0.39 is 4.92 Å². The van der Waals surface area contributed by atoms with Crippen molar-refractivity contribution in [2.75, 3.05) is 6.54 Å². The first kappa shape index (κ1) is 13.2. The molecule has 0 bridgehead atoms. The zero-order valence-corrected chi connectivity index (χ0v) is 9.85. The Balaban J connectivity index is 2.38. The van der Waals surface area contributed by atoms with Crippen LogP contribution in [-0.4, -0.2) is 17.5 Å². The van der Waals surface area contributed by atoms with Gasteiger partial charge in [0.05, 0.1) is 4.92 Å². The molecule has 0 saturated heterocycles. The Hall–Kier alpha value is -1.86. The molecule has 1 aromatic rings. The number of nitro groups is 1. The molecule has 0 fully saturated rings. The smallest absolute Gasteiger partial charge is 0.269 e. The quantitative estimate of drug-likeness (QED) is 0.464. The van der Waals surface area contributed by atoms with Gasteiger partial charge in [0.1, 0.15) is 0 Å². The first-order chi connectivity index (χ1) is 8.13. The molecule has 0 saturated carbocycles. The molecule has 0 radical (unpaired) electrons. The van der Waals surface area contributed by atoms with Crippen molar-refractivity contribution in [1.29, 1.82) is 0 Å². The molecule has 4 heteroatoms. The Labute approximate surface area is 101 Å². The van der Waals surface area contributed by atoms with E-state index in [1.807, 2.05) is 6.92 Å². The number of hydrogen-bond acceptors (Lipinski definition) is 3. The van der Waals surface area contributed by atoms with Gasteiger partial charge in [-0.2, -0.15) is 0 Å². The van der Waals surface area contributed by atoms with Gasteiger partial charge in [-0.25, -0.2) is 0 Å². The van der Waals surface area contributed by atoms with Crippen LogP contribution >= 0.6 is 0 Å². The minimum atomic E-state index is -0.392. The average Bonchev–Trinajstić information content (AvgIpc) is 2.30. The van der Waals surface area contributed by atoms with Gasteiger partial charge >= 0.3 is 0 Å². The van der Waals surface area contributed by atoms with Crippen LogP contribution in [0, 0.1) is 22.5 Å². The van der Waals surface area contributed by atoms with Gasteiger partial charge in [0, 0.05) is 24.6 Å². The fourth-order valence-corrected chi connectivity index (χ4v) is 1.50. The fourth-order valence-electron chi connectivity index (χ4n) is 1.50. The van der Waals surface area contributed by atoms with Gasteiger partial charge in [0.15, 0.2) is 0 Å². The van der Waals surface area contributed by atoms with Crippen molar-refractivity contribution in [3.63, 3.8) is 0 Å². The van der Waals surface area contributed by atoms with E-state index in [1.54, 1.807) is 12.1 Å². The summed E-state index contributed by atoms with van der Waals surface area (Å²) in [6.07, 6.45) is 6.75. The largest absolute Gasteiger partial charge is 0.313 e. The number of nitrogens with one attached hydrogen (secondary N) is 1. The van der Waals surface area contributed by atoms with Gasteiger partial charge in [-0.15, -0.1) is 12.3 Å². The molecule has 0 aliphatic heterocycles. The molecule has 1 unspecified atom stereocenters. The van der Waals surface area contributed by atoms with Crippen LogP contribution in [0.1, 0.15) is 18.9 Å². The van der Waals surface area contributed by atoms with Crippen LogP contribution in [0.5, 0.6) is 0 Å². The summed E-state index contributed by atoms with van der Waals surface area (Å²) in [5, 5.41) is 13.8. The van der Waals surface area contributed by atoms with Crippen LogP contribution in [0.15, 0.2) is 24.3 Å². The highest BCUT2D eigenvalue weighted by atomic mass is 16.6. The van der Waals surface area contributed by atoms with E-state index >= 15 is 0 Å². The highest BCUT2D eigenvalue weighted by Gasteiger charge is 2.04. The van der Waals surface area contributed by atoms with Gasteiger partial charge < -0.3 is 5.32 Å². The predicted molar refractivity (Wildman–Crippen MR) is 67.7 cm³/mol. The summed E-state index contributed by atoms with van der Waals surface area (Å²) in [4.78, 5) is 10.1. The van der Waals surface area contributed by atoms with Crippen molar-refractivity contribution in [1.82, 2.24) is 5.32 Å². The molecule has 1 N–H and O–H groups in total. The number of nitro benzene ring substituents is 1. The molecule has 1 aromatic carbocycles. The van der Waals surface area contributed by atoms with Crippen molar-refractivity contribution in [3.05, 3.63) is 39.9 Å². The molecule has 0 aliphatic rings. The summed E-state index contributed by atoms with van der Waals surface area (Å²) < 4.78 is 0. The van der Waals surface area contributed by atoms with Gasteiger partial charge in [0.25, 0.3) is 5.69 Å². The lowest BCUT2D eigenvalue weighted by molar-refractivity contribution is -0.384. The second-order valence-electron chi connectivity index (χ2n) is 3.94. The molecule has 1 atom stereocenters. The van der Waals surface area contributed by atoms with Crippen molar-refractivity contribution < 1.29 is 4.92 Å². The second-order valence-corrected chi connectivity index (χ2v) is 3.94. The third-order valence-electron chi connectivity index (χ3n) is 2.48. The van der Waals surface area contributed by atoms with E-state index in [2.05, 4.69) is 11.2 Å². The lowest BCUT2D eigenvalue weighted by Gasteiger charge is -2.10. The normalized spacial score (nSPS) is 11.8. The standard InChI is InChI=1S/C13H16N2O2/c1-3-4-11(2)14-10-9-12-5-7-13(8-6-12)15(16)17/h1,5-8,11,14H,4,9-10H2,2H3. The van der Waals surface area contributed by atoms with Crippen molar-refractivity contribution in [3.8, 4) is 12.3 Å². The molecule has 1 rings (SSSR count). The van der Waals surface area contributed by atoms with Crippen LogP contribution in [-0.2, 0) is 6.42 Å². The van der Waals surface area contributed by atoms with Gasteiger partial charge in [0.2, 0.25) is 0 Å². The molecule has 90 valence electrons. The number of benzene rings is 1. The number of rotatable bonds is 6. The first-order valence-electron chi connectivity index (χ1n) is 5.53. The minimum Gasteiger partial charge on any atom is -0.313 e. The number of terminal acetylenes is 1. The minimum absolute atomic E-state index is 0.127. The number of hydrogen-bond donors (Lipinski definition) is 1. The Kier molecular flexibility index (Phi) is 5.18. The van der Waals surface area contributed by atoms with Crippen LogP contribution in [0.3, 0.4) is 0 Å². The number of non-ortho nitro benzene ring substituents is 1. The van der Waals surface area contributed by atoms with E-state index in [9.17, 15) is 10.1 Å². The van der Waals surface area contributed by atoms with E-state index in [-0.39, 0.29) is 5.69 Å². The molecule has 0 aliphatic carbocycles. The highest BCUT2D eigenvalue weighted by Crippen LogP contribution is 2.11. The Morgan fingerprint density at radius 2 is 2.12 bits per heavy atom. The Morgan fingerprint density at radius 1 is 1.47 bits per heavy atom. The lowest BCUT2D eigenvalue weighted by Crippen LogP contribution is -2.27. The average molecular weight is 232 g/mol. The SMILES string of the molecule is C#CCC(C)NCCc1ccc([N+](=O)[O-])cc1. The highest BCUT2D eigenvalue weighted by molar-refractivity contribution is 5.32. The summed E-state index contributed by atoms with van der Waals surface area (Å²) in [5.41, 5.74) is 1.21. The summed E-state index contributed by atoms with van der Waals surface area (Å²) in [7, 11) is 0. The maximum atomic E-state index is 10.5.